The average molecular weight is 302 g/mol. The molecule has 0 aliphatic rings. The number of likely N-dealkylation sites (N-methyl/N-ethyl adjacent to an activating group) is 1. The van der Waals surface area contributed by atoms with Crippen molar-refractivity contribution in [3.8, 4) is 5.75 Å². The molecule has 1 aromatic carbocycles. The molecule has 0 aliphatic carbocycles. The van der Waals surface area contributed by atoms with Crippen LogP contribution in [0.15, 0.2) is 28.7 Å². The minimum absolute atomic E-state index is 0.468. The van der Waals surface area contributed by atoms with E-state index < -0.39 is 12.0 Å². The van der Waals surface area contributed by atoms with Crippen LogP contribution in [-0.2, 0) is 4.79 Å². The topological polar surface area (TPSA) is 49.8 Å². The maximum absolute atomic E-state index is 10.7. The zero-order chi connectivity index (χ0) is 12.8. The Bertz CT molecular complexity index is 367. The van der Waals surface area contributed by atoms with Crippen molar-refractivity contribution in [1.82, 2.24) is 4.90 Å². The number of carbonyl (C=O) groups is 1. The number of carboxylic acid groups (broad SMARTS) is 1. The van der Waals surface area contributed by atoms with E-state index in [4.69, 9.17) is 9.84 Å². The number of aliphatic carboxylic acids is 1. The van der Waals surface area contributed by atoms with Crippen molar-refractivity contribution in [3.63, 3.8) is 0 Å². The van der Waals surface area contributed by atoms with E-state index in [0.29, 0.717) is 13.2 Å². The molecule has 0 amide bonds. The molecule has 1 N–H and O–H groups in total. The van der Waals surface area contributed by atoms with Crippen molar-refractivity contribution in [2.24, 2.45) is 0 Å². The van der Waals surface area contributed by atoms with E-state index in [-0.39, 0.29) is 0 Å². The second-order valence-electron chi connectivity index (χ2n) is 3.80. The average Bonchev–Trinajstić information content (AvgIpc) is 2.30. The zero-order valence-electron chi connectivity index (χ0n) is 9.89. The summed E-state index contributed by atoms with van der Waals surface area (Å²) in [5, 5.41) is 8.81. The molecule has 0 spiro atoms. The summed E-state index contributed by atoms with van der Waals surface area (Å²) < 4.78 is 6.51. The largest absolute Gasteiger partial charge is 0.492 e. The van der Waals surface area contributed by atoms with Gasteiger partial charge in [0, 0.05) is 11.0 Å². The van der Waals surface area contributed by atoms with Crippen LogP contribution in [0.2, 0.25) is 0 Å². The van der Waals surface area contributed by atoms with Gasteiger partial charge in [-0.25, -0.2) is 0 Å². The Morgan fingerprint density at radius 1 is 1.47 bits per heavy atom. The van der Waals surface area contributed by atoms with E-state index in [9.17, 15) is 4.79 Å². The van der Waals surface area contributed by atoms with Gasteiger partial charge in [0.05, 0.1) is 0 Å². The Morgan fingerprint density at radius 3 is 2.59 bits per heavy atom. The fourth-order valence-electron chi connectivity index (χ4n) is 1.22. The van der Waals surface area contributed by atoms with Crippen molar-refractivity contribution in [3.05, 3.63) is 28.7 Å². The van der Waals surface area contributed by atoms with Gasteiger partial charge in [-0.3, -0.25) is 9.69 Å². The number of rotatable bonds is 6. The van der Waals surface area contributed by atoms with Crippen molar-refractivity contribution < 1.29 is 14.6 Å². The van der Waals surface area contributed by atoms with Gasteiger partial charge in [0.15, 0.2) is 0 Å². The highest BCUT2D eigenvalue weighted by molar-refractivity contribution is 9.10. The second kappa shape index (κ2) is 6.61. The van der Waals surface area contributed by atoms with Gasteiger partial charge in [0.2, 0.25) is 0 Å². The van der Waals surface area contributed by atoms with Crippen LogP contribution in [0.3, 0.4) is 0 Å². The van der Waals surface area contributed by atoms with Crippen LogP contribution in [0, 0.1) is 0 Å². The molecule has 0 bridgehead atoms. The van der Waals surface area contributed by atoms with E-state index >= 15 is 0 Å². The van der Waals surface area contributed by atoms with Crippen LogP contribution in [0.4, 0.5) is 0 Å². The molecule has 0 aromatic heterocycles. The molecule has 0 saturated heterocycles. The lowest BCUT2D eigenvalue weighted by molar-refractivity contribution is -0.142. The Balaban J connectivity index is 2.32. The number of nitrogens with zero attached hydrogens (tertiary/aromatic N) is 1. The third kappa shape index (κ3) is 4.75. The molecule has 4 nitrogen and oxygen atoms in total. The minimum atomic E-state index is -0.823. The first kappa shape index (κ1) is 14.0. The van der Waals surface area contributed by atoms with Crippen molar-refractivity contribution in [2.45, 2.75) is 13.0 Å². The predicted octanol–water partition coefficient (Wildman–Crippen LogP) is 2.23. The summed E-state index contributed by atoms with van der Waals surface area (Å²) in [6.45, 7) is 2.70. The third-order valence-electron chi connectivity index (χ3n) is 2.54. The van der Waals surface area contributed by atoms with Gasteiger partial charge in [0.25, 0.3) is 0 Å². The van der Waals surface area contributed by atoms with Gasteiger partial charge in [-0.1, -0.05) is 15.9 Å². The van der Waals surface area contributed by atoms with Crippen LogP contribution in [0.25, 0.3) is 0 Å². The number of benzene rings is 1. The van der Waals surface area contributed by atoms with E-state index in [1.807, 2.05) is 24.3 Å². The normalized spacial score (nSPS) is 12.5. The molecule has 17 heavy (non-hydrogen) atoms. The predicted molar refractivity (Wildman–Crippen MR) is 69.4 cm³/mol. The maximum Gasteiger partial charge on any atom is 0.320 e. The summed E-state index contributed by atoms with van der Waals surface area (Å²) in [5.41, 5.74) is 0. The quantitative estimate of drug-likeness (QED) is 0.875. The number of ether oxygens (including phenoxy) is 1. The van der Waals surface area contributed by atoms with E-state index in [0.717, 1.165) is 10.2 Å². The lowest BCUT2D eigenvalue weighted by Crippen LogP contribution is -2.38. The molecule has 94 valence electrons. The van der Waals surface area contributed by atoms with Crippen LogP contribution in [0.5, 0.6) is 5.75 Å². The monoisotopic (exact) mass is 301 g/mol. The van der Waals surface area contributed by atoms with Gasteiger partial charge >= 0.3 is 5.97 Å². The highest BCUT2D eigenvalue weighted by atomic mass is 79.9. The molecule has 5 heteroatoms. The van der Waals surface area contributed by atoms with Crippen LogP contribution in [-0.4, -0.2) is 42.2 Å². The van der Waals surface area contributed by atoms with Crippen molar-refractivity contribution in [1.29, 1.82) is 0 Å². The lowest BCUT2D eigenvalue weighted by atomic mass is 10.3. The van der Waals surface area contributed by atoms with Crippen molar-refractivity contribution >= 4 is 21.9 Å². The lowest BCUT2D eigenvalue weighted by Gasteiger charge is -2.20. The van der Waals surface area contributed by atoms with E-state index in [2.05, 4.69) is 15.9 Å². The van der Waals surface area contributed by atoms with Gasteiger partial charge in [-0.15, -0.1) is 0 Å². The number of carboxylic acids is 1. The fourth-order valence-corrected chi connectivity index (χ4v) is 1.48. The summed E-state index contributed by atoms with van der Waals surface area (Å²) in [4.78, 5) is 12.5. The standard InChI is InChI=1S/C12H16BrNO3/c1-9(12(15)16)14(2)7-8-17-11-5-3-10(13)4-6-11/h3-6,9H,7-8H2,1-2H3,(H,15,16). The SMILES string of the molecule is CC(C(=O)O)N(C)CCOc1ccc(Br)cc1. The first-order valence-electron chi connectivity index (χ1n) is 5.32. The molecule has 0 aliphatic heterocycles. The molecule has 0 heterocycles. The van der Waals surface area contributed by atoms with Gasteiger partial charge in [-0.05, 0) is 38.2 Å². The van der Waals surface area contributed by atoms with Crippen molar-refractivity contribution in [2.75, 3.05) is 20.2 Å². The Labute approximate surface area is 109 Å². The second-order valence-corrected chi connectivity index (χ2v) is 4.71. The van der Waals surface area contributed by atoms with Crippen LogP contribution < -0.4 is 4.74 Å². The Hall–Kier alpha value is -1.07. The summed E-state index contributed by atoms with van der Waals surface area (Å²) >= 11 is 3.34. The summed E-state index contributed by atoms with van der Waals surface area (Å²) in [6.07, 6.45) is 0. The zero-order valence-corrected chi connectivity index (χ0v) is 11.5. The Morgan fingerprint density at radius 2 is 2.06 bits per heavy atom. The molecule has 1 rings (SSSR count). The van der Waals surface area contributed by atoms with Gasteiger partial charge in [-0.2, -0.15) is 0 Å². The smallest absolute Gasteiger partial charge is 0.320 e. The molecule has 0 fully saturated rings. The van der Waals surface area contributed by atoms with Gasteiger partial charge < -0.3 is 9.84 Å². The molecular formula is C12H16BrNO3. The number of hydrogen-bond donors (Lipinski definition) is 1. The fraction of sp³-hybridized carbons (Fsp3) is 0.417. The molecule has 1 aromatic rings. The third-order valence-corrected chi connectivity index (χ3v) is 3.07. The number of halogens is 1. The van der Waals surface area contributed by atoms with Gasteiger partial charge in [0.1, 0.15) is 18.4 Å². The van der Waals surface area contributed by atoms with E-state index in [1.165, 1.54) is 0 Å². The maximum atomic E-state index is 10.7. The molecule has 1 unspecified atom stereocenters. The first-order valence-corrected chi connectivity index (χ1v) is 6.11. The van der Waals surface area contributed by atoms with E-state index in [1.54, 1.807) is 18.9 Å². The summed E-state index contributed by atoms with van der Waals surface area (Å²) in [7, 11) is 1.77. The molecule has 0 radical (unpaired) electrons. The minimum Gasteiger partial charge on any atom is -0.492 e. The molecular weight excluding hydrogens is 286 g/mol. The molecule has 0 saturated carbocycles. The van der Waals surface area contributed by atoms with Crippen LogP contribution >= 0.6 is 15.9 Å². The summed E-state index contributed by atoms with van der Waals surface area (Å²) in [6, 6.07) is 7.04. The highest BCUT2D eigenvalue weighted by Gasteiger charge is 2.15. The Kier molecular flexibility index (Phi) is 5.44. The summed E-state index contributed by atoms with van der Waals surface area (Å²) in [5.74, 6) is -0.0410. The highest BCUT2D eigenvalue weighted by Crippen LogP contribution is 2.15. The number of hydrogen-bond acceptors (Lipinski definition) is 3. The first-order chi connectivity index (χ1) is 8.00. The van der Waals surface area contributed by atoms with Crippen LogP contribution in [0.1, 0.15) is 6.92 Å². The molecule has 1 atom stereocenters.